The molecule has 0 aliphatic rings. The van der Waals surface area contributed by atoms with Gasteiger partial charge in [0.05, 0.1) is 12.2 Å². The molecule has 1 N–H and O–H groups in total. The Kier molecular flexibility index (Phi) is 5.94. The average Bonchev–Trinajstić information content (AvgIpc) is 2.37. The van der Waals surface area contributed by atoms with Crippen molar-refractivity contribution in [1.82, 2.24) is 0 Å². The molecular weight excluding hydrogens is 232 g/mol. The van der Waals surface area contributed by atoms with Gasteiger partial charge in [-0.1, -0.05) is 25.1 Å². The number of esters is 1. The zero-order valence-corrected chi connectivity index (χ0v) is 10.7. The van der Waals surface area contributed by atoms with Crippen molar-refractivity contribution in [2.75, 3.05) is 13.4 Å². The number of carbonyl (C=O) groups is 1. The Balaban J connectivity index is 3.02. The molecule has 0 amide bonds. The number of hydrogen-bond acceptors (Lipinski definition) is 4. The van der Waals surface area contributed by atoms with Gasteiger partial charge in [-0.25, -0.2) is 4.79 Å². The van der Waals surface area contributed by atoms with E-state index in [1.807, 2.05) is 19.1 Å². The number of benzene rings is 1. The molecule has 0 spiro atoms. The second kappa shape index (κ2) is 7.50. The minimum Gasteiger partial charge on any atom is -0.468 e. The first kappa shape index (κ1) is 14.3. The molecular formula is C14H18O4. The van der Waals surface area contributed by atoms with Crippen molar-refractivity contribution in [2.45, 2.75) is 20.3 Å². The number of carbonyl (C=O) groups excluding carboxylic acids is 1. The number of ether oxygens (including phenoxy) is 2. The standard InChI is InChI=1S/C14H18O4/c1-3-6-13(14(16)17-4-2)11-7-5-8-12(9-11)18-10-15/h5-9,15H,3-4,10H2,1-2H3/b13-6+. The molecule has 0 unspecified atom stereocenters. The van der Waals surface area contributed by atoms with Crippen LogP contribution >= 0.6 is 0 Å². The van der Waals surface area contributed by atoms with Crippen molar-refractivity contribution in [2.24, 2.45) is 0 Å². The number of hydrogen-bond donors (Lipinski definition) is 1. The number of aliphatic hydroxyl groups excluding tert-OH is 1. The molecule has 0 saturated heterocycles. The van der Waals surface area contributed by atoms with E-state index in [1.54, 1.807) is 25.1 Å². The van der Waals surface area contributed by atoms with Crippen LogP contribution in [0, 0.1) is 0 Å². The minimum absolute atomic E-state index is 0.340. The monoisotopic (exact) mass is 250 g/mol. The van der Waals surface area contributed by atoms with Crippen molar-refractivity contribution in [3.8, 4) is 5.75 Å². The lowest BCUT2D eigenvalue weighted by molar-refractivity contribution is -0.136. The molecule has 0 atom stereocenters. The van der Waals surface area contributed by atoms with E-state index < -0.39 is 6.79 Å². The summed E-state index contributed by atoms with van der Waals surface area (Å²) in [5.74, 6) is 0.168. The summed E-state index contributed by atoms with van der Waals surface area (Å²) < 4.78 is 10.0. The normalized spacial score (nSPS) is 11.2. The lowest BCUT2D eigenvalue weighted by Gasteiger charge is -2.09. The summed E-state index contributed by atoms with van der Waals surface area (Å²) in [5.41, 5.74) is 1.24. The molecule has 0 heterocycles. The third-order valence-electron chi connectivity index (χ3n) is 2.28. The molecule has 0 saturated carbocycles. The Labute approximate surface area is 107 Å². The number of allylic oxidation sites excluding steroid dienone is 1. The zero-order chi connectivity index (χ0) is 13.4. The molecule has 98 valence electrons. The largest absolute Gasteiger partial charge is 0.468 e. The van der Waals surface area contributed by atoms with Crippen molar-refractivity contribution in [3.63, 3.8) is 0 Å². The van der Waals surface area contributed by atoms with E-state index in [9.17, 15) is 4.79 Å². The summed E-state index contributed by atoms with van der Waals surface area (Å²) >= 11 is 0. The minimum atomic E-state index is -0.393. The highest BCUT2D eigenvalue weighted by Crippen LogP contribution is 2.22. The highest BCUT2D eigenvalue weighted by atomic mass is 16.6. The highest BCUT2D eigenvalue weighted by molar-refractivity contribution is 6.16. The molecule has 0 bridgehead atoms. The fourth-order valence-electron chi connectivity index (χ4n) is 1.56. The summed E-state index contributed by atoms with van der Waals surface area (Å²) in [6, 6.07) is 6.99. The van der Waals surface area contributed by atoms with Crippen LogP contribution in [0.3, 0.4) is 0 Å². The lowest BCUT2D eigenvalue weighted by atomic mass is 10.0. The highest BCUT2D eigenvalue weighted by Gasteiger charge is 2.13. The maximum atomic E-state index is 11.8. The van der Waals surface area contributed by atoms with Crippen LogP contribution in [0.4, 0.5) is 0 Å². The van der Waals surface area contributed by atoms with E-state index in [1.165, 1.54) is 0 Å². The first-order valence-electron chi connectivity index (χ1n) is 5.94. The number of rotatable bonds is 6. The maximum absolute atomic E-state index is 11.8. The fraction of sp³-hybridized carbons (Fsp3) is 0.357. The lowest BCUT2D eigenvalue weighted by Crippen LogP contribution is -2.07. The third kappa shape index (κ3) is 3.89. The van der Waals surface area contributed by atoms with Crippen LogP contribution in [0.25, 0.3) is 5.57 Å². The Morgan fingerprint density at radius 2 is 2.17 bits per heavy atom. The molecule has 1 aromatic rings. The second-order valence-electron chi connectivity index (χ2n) is 3.55. The molecule has 0 radical (unpaired) electrons. The van der Waals surface area contributed by atoms with Crippen LogP contribution in [-0.4, -0.2) is 24.5 Å². The van der Waals surface area contributed by atoms with Crippen molar-refractivity contribution in [3.05, 3.63) is 35.9 Å². The van der Waals surface area contributed by atoms with Gasteiger partial charge < -0.3 is 14.6 Å². The van der Waals surface area contributed by atoms with Gasteiger partial charge in [-0.05, 0) is 31.0 Å². The Bertz CT molecular complexity index is 424. The molecule has 1 rings (SSSR count). The SMILES string of the molecule is CC/C=C(/C(=O)OCC)c1cccc(OCO)c1. The molecule has 0 aromatic heterocycles. The summed E-state index contributed by atoms with van der Waals surface area (Å²) in [5, 5.41) is 8.72. The second-order valence-corrected chi connectivity index (χ2v) is 3.55. The van der Waals surface area contributed by atoms with Gasteiger partial charge in [0.15, 0.2) is 6.79 Å². The predicted octanol–water partition coefficient (Wildman–Crippen LogP) is 2.37. The Morgan fingerprint density at radius 1 is 1.39 bits per heavy atom. The van der Waals surface area contributed by atoms with Gasteiger partial charge in [0.2, 0.25) is 0 Å². The topological polar surface area (TPSA) is 55.8 Å². The van der Waals surface area contributed by atoms with E-state index in [2.05, 4.69) is 0 Å². The summed E-state index contributed by atoms with van der Waals surface area (Å²) in [6.45, 7) is 3.67. The van der Waals surface area contributed by atoms with Crippen molar-refractivity contribution >= 4 is 11.5 Å². The smallest absolute Gasteiger partial charge is 0.338 e. The summed E-state index contributed by atoms with van der Waals surface area (Å²) in [7, 11) is 0. The average molecular weight is 250 g/mol. The van der Waals surface area contributed by atoms with Crippen LogP contribution in [-0.2, 0) is 9.53 Å². The van der Waals surface area contributed by atoms with Gasteiger partial charge in [0.25, 0.3) is 0 Å². The van der Waals surface area contributed by atoms with Crippen LogP contribution in [0.5, 0.6) is 5.75 Å². The van der Waals surface area contributed by atoms with Gasteiger partial charge in [0, 0.05) is 0 Å². The summed E-state index contributed by atoms with van der Waals surface area (Å²) in [6.07, 6.45) is 2.55. The van der Waals surface area contributed by atoms with Crippen molar-refractivity contribution in [1.29, 1.82) is 0 Å². The molecule has 0 fully saturated rings. The zero-order valence-electron chi connectivity index (χ0n) is 10.7. The van der Waals surface area contributed by atoms with Gasteiger partial charge >= 0.3 is 5.97 Å². The fourth-order valence-corrected chi connectivity index (χ4v) is 1.56. The number of aliphatic hydroxyl groups is 1. The first-order valence-corrected chi connectivity index (χ1v) is 5.94. The molecule has 18 heavy (non-hydrogen) atoms. The van der Waals surface area contributed by atoms with E-state index in [4.69, 9.17) is 14.6 Å². The maximum Gasteiger partial charge on any atom is 0.338 e. The molecule has 4 heteroatoms. The summed E-state index contributed by atoms with van der Waals surface area (Å²) in [4.78, 5) is 11.8. The molecule has 0 aliphatic heterocycles. The molecule has 4 nitrogen and oxygen atoms in total. The van der Waals surface area contributed by atoms with Crippen LogP contribution < -0.4 is 4.74 Å². The Hall–Kier alpha value is -1.81. The van der Waals surface area contributed by atoms with E-state index >= 15 is 0 Å². The van der Waals surface area contributed by atoms with Gasteiger partial charge in [0.1, 0.15) is 5.75 Å². The van der Waals surface area contributed by atoms with Crippen LogP contribution in [0.1, 0.15) is 25.8 Å². The van der Waals surface area contributed by atoms with E-state index in [0.717, 1.165) is 12.0 Å². The quantitative estimate of drug-likeness (QED) is 0.478. The van der Waals surface area contributed by atoms with Gasteiger partial charge in [-0.3, -0.25) is 0 Å². The Morgan fingerprint density at radius 3 is 2.78 bits per heavy atom. The van der Waals surface area contributed by atoms with Gasteiger partial charge in [-0.2, -0.15) is 0 Å². The van der Waals surface area contributed by atoms with Crippen molar-refractivity contribution < 1.29 is 19.4 Å². The van der Waals surface area contributed by atoms with Gasteiger partial charge in [-0.15, -0.1) is 0 Å². The van der Waals surface area contributed by atoms with E-state index in [-0.39, 0.29) is 5.97 Å². The van der Waals surface area contributed by atoms with E-state index in [0.29, 0.717) is 17.9 Å². The predicted molar refractivity (Wildman–Crippen MR) is 69.1 cm³/mol. The van der Waals surface area contributed by atoms with Crippen LogP contribution in [0.15, 0.2) is 30.3 Å². The van der Waals surface area contributed by atoms with Crippen LogP contribution in [0.2, 0.25) is 0 Å². The molecule has 0 aliphatic carbocycles. The first-order chi connectivity index (χ1) is 8.72. The third-order valence-corrected chi connectivity index (χ3v) is 2.28. The molecule has 1 aromatic carbocycles.